The Morgan fingerprint density at radius 2 is 2.19 bits per heavy atom. The molecule has 90 valence electrons. The van der Waals surface area contributed by atoms with Gasteiger partial charge in [-0.15, -0.1) is 0 Å². The molecule has 1 aliphatic carbocycles. The first-order valence-corrected chi connectivity index (χ1v) is 6.35. The molecule has 3 heteroatoms. The highest BCUT2D eigenvalue weighted by Gasteiger charge is 2.45. The molecule has 0 bridgehead atoms. The predicted molar refractivity (Wildman–Crippen MR) is 66.3 cm³/mol. The molecule has 16 heavy (non-hydrogen) atoms. The zero-order chi connectivity index (χ0) is 11.8. The van der Waals surface area contributed by atoms with Gasteiger partial charge in [0.1, 0.15) is 0 Å². The maximum atomic E-state index is 4.56. The molecule has 0 spiro atoms. The molecule has 1 saturated carbocycles. The summed E-state index contributed by atoms with van der Waals surface area (Å²) in [6.45, 7) is 10.9. The fourth-order valence-corrected chi connectivity index (χ4v) is 2.15. The van der Waals surface area contributed by atoms with E-state index in [0.717, 1.165) is 19.5 Å². The Morgan fingerprint density at radius 3 is 2.69 bits per heavy atom. The van der Waals surface area contributed by atoms with Gasteiger partial charge in [0.05, 0.1) is 11.4 Å². The van der Waals surface area contributed by atoms with Crippen molar-refractivity contribution >= 4 is 0 Å². The van der Waals surface area contributed by atoms with Crippen LogP contribution < -0.4 is 5.32 Å². The van der Waals surface area contributed by atoms with E-state index in [4.69, 9.17) is 0 Å². The first-order chi connectivity index (χ1) is 7.56. The number of hydrogen-bond donors (Lipinski definition) is 1. The summed E-state index contributed by atoms with van der Waals surface area (Å²) >= 11 is 0. The third-order valence-corrected chi connectivity index (χ3v) is 3.62. The molecule has 1 atom stereocenters. The summed E-state index contributed by atoms with van der Waals surface area (Å²) in [5.74, 6) is 0. The molecule has 0 amide bonds. The topological polar surface area (TPSA) is 29.9 Å². The van der Waals surface area contributed by atoms with Gasteiger partial charge in [-0.25, -0.2) is 0 Å². The van der Waals surface area contributed by atoms with Crippen LogP contribution in [0.5, 0.6) is 0 Å². The standard InChI is InChI=1S/C13H23N3/c1-5-10-7-11(16(6-2)15-10)9-14-12-8-13(12,3)4/h7,12,14H,5-6,8-9H2,1-4H3. The Hall–Kier alpha value is -0.830. The van der Waals surface area contributed by atoms with E-state index in [1.165, 1.54) is 17.8 Å². The summed E-state index contributed by atoms with van der Waals surface area (Å²) in [5, 5.41) is 8.17. The second-order valence-electron chi connectivity index (χ2n) is 5.42. The minimum absolute atomic E-state index is 0.505. The van der Waals surface area contributed by atoms with E-state index in [0.29, 0.717) is 11.5 Å². The maximum Gasteiger partial charge on any atom is 0.0625 e. The van der Waals surface area contributed by atoms with Crippen molar-refractivity contribution in [1.82, 2.24) is 15.1 Å². The van der Waals surface area contributed by atoms with E-state index in [1.54, 1.807) is 0 Å². The summed E-state index contributed by atoms with van der Waals surface area (Å²) in [5.41, 5.74) is 3.03. The van der Waals surface area contributed by atoms with Gasteiger partial charge in [-0.1, -0.05) is 20.8 Å². The molecule has 1 aromatic rings. The number of rotatable bonds is 5. The fraction of sp³-hybridized carbons (Fsp3) is 0.769. The van der Waals surface area contributed by atoms with Crippen LogP contribution in [0.3, 0.4) is 0 Å². The monoisotopic (exact) mass is 221 g/mol. The molecule has 1 fully saturated rings. The van der Waals surface area contributed by atoms with Crippen molar-refractivity contribution < 1.29 is 0 Å². The lowest BCUT2D eigenvalue weighted by Gasteiger charge is -2.07. The van der Waals surface area contributed by atoms with Gasteiger partial charge in [0, 0.05) is 19.1 Å². The largest absolute Gasteiger partial charge is 0.308 e. The number of aromatic nitrogens is 2. The summed E-state index contributed by atoms with van der Waals surface area (Å²) in [7, 11) is 0. The van der Waals surface area contributed by atoms with Gasteiger partial charge in [-0.2, -0.15) is 5.10 Å². The Morgan fingerprint density at radius 1 is 1.50 bits per heavy atom. The van der Waals surface area contributed by atoms with E-state index < -0.39 is 0 Å². The van der Waals surface area contributed by atoms with Gasteiger partial charge < -0.3 is 5.32 Å². The van der Waals surface area contributed by atoms with Gasteiger partial charge in [0.2, 0.25) is 0 Å². The smallest absolute Gasteiger partial charge is 0.0625 e. The lowest BCUT2D eigenvalue weighted by molar-refractivity contribution is 0.519. The SMILES string of the molecule is CCc1cc(CNC2CC2(C)C)n(CC)n1. The Labute approximate surface area is 98.2 Å². The fourth-order valence-electron chi connectivity index (χ4n) is 2.15. The second-order valence-corrected chi connectivity index (χ2v) is 5.42. The highest BCUT2D eigenvalue weighted by Crippen LogP contribution is 2.44. The van der Waals surface area contributed by atoms with Crippen LogP contribution in [0.25, 0.3) is 0 Å². The number of nitrogens with one attached hydrogen (secondary N) is 1. The minimum atomic E-state index is 0.505. The molecule has 0 aromatic carbocycles. The third kappa shape index (κ3) is 2.29. The number of aryl methyl sites for hydroxylation is 2. The van der Waals surface area contributed by atoms with Crippen LogP contribution >= 0.6 is 0 Å². The summed E-state index contributed by atoms with van der Waals surface area (Å²) in [6.07, 6.45) is 2.32. The molecule has 0 radical (unpaired) electrons. The quantitative estimate of drug-likeness (QED) is 0.827. The average molecular weight is 221 g/mol. The minimum Gasteiger partial charge on any atom is -0.308 e. The van der Waals surface area contributed by atoms with Crippen molar-refractivity contribution in [3.8, 4) is 0 Å². The lowest BCUT2D eigenvalue weighted by Crippen LogP contribution is -2.21. The molecule has 1 unspecified atom stereocenters. The third-order valence-electron chi connectivity index (χ3n) is 3.62. The van der Waals surface area contributed by atoms with Crippen molar-refractivity contribution in [3.63, 3.8) is 0 Å². The summed E-state index contributed by atoms with van der Waals surface area (Å²) in [6, 6.07) is 2.92. The molecule has 2 rings (SSSR count). The van der Waals surface area contributed by atoms with Crippen molar-refractivity contribution in [2.75, 3.05) is 0 Å². The van der Waals surface area contributed by atoms with Crippen LogP contribution in [-0.2, 0) is 19.5 Å². The Balaban J connectivity index is 1.95. The van der Waals surface area contributed by atoms with Gasteiger partial charge in [-0.3, -0.25) is 4.68 Å². The molecular weight excluding hydrogens is 198 g/mol. The summed E-state index contributed by atoms with van der Waals surface area (Å²) < 4.78 is 2.11. The van der Waals surface area contributed by atoms with Crippen LogP contribution in [0.1, 0.15) is 45.5 Å². The van der Waals surface area contributed by atoms with E-state index in [2.05, 4.69) is 48.9 Å². The molecule has 0 aliphatic heterocycles. The van der Waals surface area contributed by atoms with Gasteiger partial charge in [0.25, 0.3) is 0 Å². The average Bonchev–Trinajstić information content (AvgIpc) is 2.72. The van der Waals surface area contributed by atoms with Gasteiger partial charge in [0.15, 0.2) is 0 Å². The zero-order valence-electron chi connectivity index (χ0n) is 10.9. The van der Waals surface area contributed by atoms with Crippen LogP contribution in [-0.4, -0.2) is 15.8 Å². The van der Waals surface area contributed by atoms with Crippen molar-refractivity contribution in [3.05, 3.63) is 17.5 Å². The molecule has 1 N–H and O–H groups in total. The number of nitrogens with zero attached hydrogens (tertiary/aromatic N) is 2. The molecule has 1 aliphatic rings. The predicted octanol–water partition coefficient (Wildman–Crippen LogP) is 2.35. The first kappa shape index (κ1) is 11.6. The van der Waals surface area contributed by atoms with E-state index in [-0.39, 0.29) is 0 Å². The van der Waals surface area contributed by atoms with Crippen molar-refractivity contribution in [2.45, 2.75) is 59.7 Å². The molecule has 1 aromatic heterocycles. The van der Waals surface area contributed by atoms with E-state index in [9.17, 15) is 0 Å². The lowest BCUT2D eigenvalue weighted by atomic mass is 10.2. The number of hydrogen-bond acceptors (Lipinski definition) is 2. The van der Waals surface area contributed by atoms with Crippen molar-refractivity contribution in [1.29, 1.82) is 0 Å². The highest BCUT2D eigenvalue weighted by molar-refractivity contribution is 5.12. The zero-order valence-corrected chi connectivity index (χ0v) is 10.9. The first-order valence-electron chi connectivity index (χ1n) is 6.35. The van der Waals surface area contributed by atoms with Crippen LogP contribution in [0.4, 0.5) is 0 Å². The van der Waals surface area contributed by atoms with Gasteiger partial charge >= 0.3 is 0 Å². The normalized spacial score (nSPS) is 22.4. The second kappa shape index (κ2) is 4.21. The highest BCUT2D eigenvalue weighted by atomic mass is 15.3. The molecule has 3 nitrogen and oxygen atoms in total. The van der Waals surface area contributed by atoms with Crippen LogP contribution in [0.2, 0.25) is 0 Å². The van der Waals surface area contributed by atoms with Gasteiger partial charge in [-0.05, 0) is 31.2 Å². The molecular formula is C13H23N3. The van der Waals surface area contributed by atoms with Crippen LogP contribution in [0, 0.1) is 5.41 Å². The maximum absolute atomic E-state index is 4.56. The van der Waals surface area contributed by atoms with Crippen LogP contribution in [0.15, 0.2) is 6.07 Å². The van der Waals surface area contributed by atoms with Crippen molar-refractivity contribution in [2.24, 2.45) is 5.41 Å². The summed E-state index contributed by atoms with van der Waals surface area (Å²) in [4.78, 5) is 0. The Kier molecular flexibility index (Phi) is 3.06. The molecule has 1 heterocycles. The Bertz CT molecular complexity index is 365. The van der Waals surface area contributed by atoms with E-state index >= 15 is 0 Å². The van der Waals surface area contributed by atoms with E-state index in [1.807, 2.05) is 0 Å². The molecule has 0 saturated heterocycles.